The molecule has 0 aromatic heterocycles. The summed E-state index contributed by atoms with van der Waals surface area (Å²) in [5.74, 6) is -1.06. The van der Waals surface area contributed by atoms with Crippen LogP contribution in [0.2, 0.25) is 5.02 Å². The molecule has 0 fully saturated rings. The molecule has 1 N–H and O–H groups in total. The quantitative estimate of drug-likeness (QED) is 0.525. The molecule has 0 amide bonds. The van der Waals surface area contributed by atoms with Gasteiger partial charge in [0.1, 0.15) is 5.41 Å². The van der Waals surface area contributed by atoms with Gasteiger partial charge in [0.15, 0.2) is 0 Å². The van der Waals surface area contributed by atoms with Crippen molar-refractivity contribution in [3.8, 4) is 0 Å². The van der Waals surface area contributed by atoms with Crippen molar-refractivity contribution in [2.75, 3.05) is 0 Å². The van der Waals surface area contributed by atoms with E-state index < -0.39 is 23.6 Å². The number of alkyl halides is 3. The van der Waals surface area contributed by atoms with Crippen LogP contribution in [0.1, 0.15) is 22.3 Å². The Morgan fingerprint density at radius 3 is 2.07 bits per heavy atom. The molecule has 0 bridgehead atoms. The van der Waals surface area contributed by atoms with E-state index in [2.05, 4.69) is 0 Å². The number of hydrogen-bond acceptors (Lipinski definition) is 1. The molecule has 4 rings (SSSR count). The molecule has 3 atom stereocenters. The van der Waals surface area contributed by atoms with Crippen molar-refractivity contribution in [1.82, 2.24) is 0 Å². The van der Waals surface area contributed by atoms with Gasteiger partial charge in [-0.25, -0.2) is 0 Å². The van der Waals surface area contributed by atoms with Gasteiger partial charge in [-0.3, -0.25) is 0 Å². The largest absolute Gasteiger partial charge is 0.399 e. The van der Waals surface area contributed by atoms with Gasteiger partial charge in [0, 0.05) is 10.9 Å². The first-order valence-corrected chi connectivity index (χ1v) is 10.3. The molecule has 1 aliphatic carbocycles. The summed E-state index contributed by atoms with van der Waals surface area (Å²) in [4.78, 5) is 0. The van der Waals surface area contributed by atoms with Crippen LogP contribution in [0.5, 0.6) is 0 Å². The van der Waals surface area contributed by atoms with E-state index in [1.807, 2.05) is 6.07 Å². The van der Waals surface area contributed by atoms with Crippen molar-refractivity contribution in [2.45, 2.75) is 37.0 Å². The number of aliphatic hydroxyl groups is 1. The maximum Gasteiger partial charge on any atom is 0.399 e. The molecule has 3 aromatic carbocycles. The molecule has 0 saturated heterocycles. The summed E-state index contributed by atoms with van der Waals surface area (Å²) < 4.78 is 45.3. The van der Waals surface area contributed by atoms with E-state index in [1.54, 1.807) is 66.7 Å². The van der Waals surface area contributed by atoms with Crippen molar-refractivity contribution < 1.29 is 18.3 Å². The lowest BCUT2D eigenvalue weighted by Crippen LogP contribution is -2.58. The summed E-state index contributed by atoms with van der Waals surface area (Å²) in [6.45, 7) is 0. The van der Waals surface area contributed by atoms with Gasteiger partial charge in [0.2, 0.25) is 0 Å². The Balaban J connectivity index is 1.96. The first kappa shape index (κ1) is 21.0. The second-order valence-corrected chi connectivity index (χ2v) is 8.38. The predicted molar refractivity (Wildman–Crippen MR) is 113 cm³/mol. The number of rotatable bonds is 4. The van der Waals surface area contributed by atoms with Crippen molar-refractivity contribution in [1.29, 1.82) is 0 Å². The highest BCUT2D eigenvalue weighted by atomic mass is 35.5. The van der Waals surface area contributed by atoms with Gasteiger partial charge in [-0.05, 0) is 47.6 Å². The van der Waals surface area contributed by atoms with Gasteiger partial charge in [-0.2, -0.15) is 13.2 Å². The van der Waals surface area contributed by atoms with E-state index in [1.165, 1.54) is 6.07 Å². The Labute approximate surface area is 179 Å². The van der Waals surface area contributed by atoms with E-state index >= 15 is 13.2 Å². The highest BCUT2D eigenvalue weighted by molar-refractivity contribution is 6.31. The Bertz CT molecular complexity index is 1000. The topological polar surface area (TPSA) is 20.2 Å². The Morgan fingerprint density at radius 1 is 0.867 bits per heavy atom. The van der Waals surface area contributed by atoms with Gasteiger partial charge in [-0.15, -0.1) is 0 Å². The number of hydrogen-bond donors (Lipinski definition) is 1. The van der Waals surface area contributed by atoms with Crippen LogP contribution in [0.15, 0.2) is 78.9 Å². The average Bonchev–Trinajstić information content (AvgIpc) is 2.71. The van der Waals surface area contributed by atoms with Crippen LogP contribution >= 0.6 is 11.6 Å². The Morgan fingerprint density at radius 2 is 1.47 bits per heavy atom. The summed E-state index contributed by atoms with van der Waals surface area (Å²) in [5.41, 5.74) is -0.399. The fraction of sp³-hybridized carbons (Fsp3) is 0.280. The summed E-state index contributed by atoms with van der Waals surface area (Å²) in [5, 5.41) is 11.1. The number of benzene rings is 3. The lowest BCUT2D eigenvalue weighted by atomic mass is 9.57. The second kappa shape index (κ2) is 8.09. The van der Waals surface area contributed by atoms with Crippen LogP contribution in [0.4, 0.5) is 13.2 Å². The lowest BCUT2D eigenvalue weighted by Gasteiger charge is -2.49. The smallest absolute Gasteiger partial charge is 0.392 e. The second-order valence-electron chi connectivity index (χ2n) is 7.97. The maximum atomic E-state index is 15.1. The molecule has 1 aliphatic rings. The molecular weight excluding hydrogens is 409 g/mol. The maximum absolute atomic E-state index is 15.1. The zero-order valence-electron chi connectivity index (χ0n) is 16.2. The number of halogens is 4. The first-order valence-electron chi connectivity index (χ1n) is 9.93. The van der Waals surface area contributed by atoms with Crippen LogP contribution in [0.3, 0.4) is 0 Å². The van der Waals surface area contributed by atoms with Crippen molar-refractivity contribution >= 4 is 11.6 Å². The molecule has 0 heterocycles. The molecule has 30 heavy (non-hydrogen) atoms. The van der Waals surface area contributed by atoms with E-state index in [0.717, 1.165) is 5.56 Å². The third kappa shape index (κ3) is 3.63. The summed E-state index contributed by atoms with van der Waals surface area (Å²) >= 11 is 6.43. The molecule has 1 nitrogen and oxygen atoms in total. The molecule has 3 unspecified atom stereocenters. The van der Waals surface area contributed by atoms with Crippen LogP contribution < -0.4 is 0 Å². The van der Waals surface area contributed by atoms with Crippen LogP contribution in [0.25, 0.3) is 0 Å². The minimum atomic E-state index is -4.61. The molecule has 0 saturated carbocycles. The zero-order chi connectivity index (χ0) is 21.4. The van der Waals surface area contributed by atoms with Gasteiger partial charge < -0.3 is 5.11 Å². The highest BCUT2D eigenvalue weighted by Gasteiger charge is 2.64. The lowest BCUT2D eigenvalue weighted by molar-refractivity contribution is -0.220. The van der Waals surface area contributed by atoms with Crippen molar-refractivity contribution in [3.05, 3.63) is 106 Å². The fourth-order valence-corrected chi connectivity index (χ4v) is 5.25. The zero-order valence-corrected chi connectivity index (χ0v) is 17.0. The third-order valence-electron chi connectivity index (χ3n) is 6.20. The fourth-order valence-electron chi connectivity index (χ4n) is 4.89. The van der Waals surface area contributed by atoms with Crippen molar-refractivity contribution in [3.63, 3.8) is 0 Å². The summed E-state index contributed by atoms with van der Waals surface area (Å²) in [6, 6.07) is 22.5. The van der Waals surface area contributed by atoms with Crippen LogP contribution in [0, 0.1) is 5.92 Å². The van der Waals surface area contributed by atoms with Gasteiger partial charge in [-0.1, -0.05) is 84.4 Å². The highest BCUT2D eigenvalue weighted by Crippen LogP contribution is 2.56. The van der Waals surface area contributed by atoms with Crippen LogP contribution in [-0.4, -0.2) is 17.4 Å². The van der Waals surface area contributed by atoms with E-state index in [9.17, 15) is 5.11 Å². The molecule has 0 spiro atoms. The van der Waals surface area contributed by atoms with Gasteiger partial charge in [0.05, 0.1) is 6.10 Å². The molecule has 156 valence electrons. The normalized spacial score (nSPS) is 23.8. The Hall–Kier alpha value is -2.30. The molecule has 5 heteroatoms. The SMILES string of the molecule is OC1Cc2cccc(Cl)c2C(Cc2ccccc2)(C(F)(F)F)C1Cc1ccccc1. The van der Waals surface area contributed by atoms with E-state index in [4.69, 9.17) is 11.6 Å². The first-order chi connectivity index (χ1) is 14.3. The molecule has 3 aromatic rings. The number of fused-ring (bicyclic) bond motifs is 1. The molecule has 0 aliphatic heterocycles. The predicted octanol–water partition coefficient (Wildman–Crippen LogP) is 6.16. The van der Waals surface area contributed by atoms with Crippen molar-refractivity contribution in [2.24, 2.45) is 5.92 Å². The standard InChI is InChI=1S/C25H22ClF3O/c26-21-13-7-12-19-15-22(30)20(14-17-8-3-1-4-9-17)24(23(19)21,25(27,28)29)16-18-10-5-2-6-11-18/h1-13,20,22,30H,14-16H2. The summed E-state index contributed by atoms with van der Waals surface area (Å²) in [6.07, 6.45) is -5.76. The molecule has 0 radical (unpaired) electrons. The Kier molecular flexibility index (Phi) is 5.65. The van der Waals surface area contributed by atoms with E-state index in [-0.39, 0.29) is 29.8 Å². The molecular formula is C25H22ClF3O. The number of aliphatic hydroxyl groups excluding tert-OH is 1. The van der Waals surface area contributed by atoms with Crippen LogP contribution in [-0.2, 0) is 24.7 Å². The minimum absolute atomic E-state index is 0.103. The van der Waals surface area contributed by atoms with Gasteiger partial charge >= 0.3 is 6.18 Å². The monoisotopic (exact) mass is 430 g/mol. The summed E-state index contributed by atoms with van der Waals surface area (Å²) in [7, 11) is 0. The average molecular weight is 431 g/mol. The third-order valence-corrected chi connectivity index (χ3v) is 6.52. The minimum Gasteiger partial charge on any atom is -0.392 e. The van der Waals surface area contributed by atoms with Gasteiger partial charge in [0.25, 0.3) is 0 Å². The van der Waals surface area contributed by atoms with E-state index in [0.29, 0.717) is 11.1 Å².